The summed E-state index contributed by atoms with van der Waals surface area (Å²) < 4.78 is 5.79. The smallest absolute Gasteiger partial charge is 0.145 e. The van der Waals surface area contributed by atoms with Crippen LogP contribution >= 0.6 is 0 Å². The molecule has 25 heavy (non-hydrogen) atoms. The maximum Gasteiger partial charge on any atom is 0.145 e. The van der Waals surface area contributed by atoms with Gasteiger partial charge in [0, 0.05) is 0 Å². The Hall–Kier alpha value is -2.94. The zero-order chi connectivity index (χ0) is 17.8. The SMILES string of the molecule is Cc1cccc(C)c1N=Cc1ccc(C=Nc2c(C)cccc2C)o1. The third-order valence-corrected chi connectivity index (χ3v) is 4.17. The van der Waals surface area contributed by atoms with Gasteiger partial charge in [-0.05, 0) is 62.1 Å². The first-order chi connectivity index (χ1) is 12.0. The number of aryl methyl sites for hydroxylation is 4. The highest BCUT2D eigenvalue weighted by Gasteiger charge is 2.02. The van der Waals surface area contributed by atoms with E-state index >= 15 is 0 Å². The molecule has 3 heteroatoms. The van der Waals surface area contributed by atoms with Crippen LogP contribution in [-0.2, 0) is 0 Å². The summed E-state index contributed by atoms with van der Waals surface area (Å²) in [6.07, 6.45) is 3.51. The Bertz CT molecular complexity index is 832. The molecule has 0 aliphatic rings. The Morgan fingerprint density at radius 2 is 0.960 bits per heavy atom. The summed E-state index contributed by atoms with van der Waals surface area (Å²) in [5.41, 5.74) is 6.59. The van der Waals surface area contributed by atoms with Crippen LogP contribution in [0.25, 0.3) is 0 Å². The molecule has 2 aromatic carbocycles. The molecule has 0 radical (unpaired) electrons. The summed E-state index contributed by atoms with van der Waals surface area (Å²) in [5, 5.41) is 0. The van der Waals surface area contributed by atoms with Crippen molar-refractivity contribution in [2.24, 2.45) is 9.98 Å². The molecule has 1 aromatic heterocycles. The third-order valence-electron chi connectivity index (χ3n) is 4.17. The number of hydrogen-bond donors (Lipinski definition) is 0. The van der Waals surface area contributed by atoms with E-state index in [4.69, 9.17) is 4.42 Å². The average Bonchev–Trinajstić information content (AvgIpc) is 3.02. The lowest BCUT2D eigenvalue weighted by molar-refractivity contribution is 0.553. The minimum Gasteiger partial charge on any atom is -0.454 e. The molecule has 1 heterocycles. The van der Waals surface area contributed by atoms with E-state index in [0.29, 0.717) is 11.5 Å². The van der Waals surface area contributed by atoms with Gasteiger partial charge in [0.05, 0.1) is 23.8 Å². The number of hydrogen-bond acceptors (Lipinski definition) is 3. The van der Waals surface area contributed by atoms with E-state index in [-0.39, 0.29) is 0 Å². The first-order valence-corrected chi connectivity index (χ1v) is 8.35. The van der Waals surface area contributed by atoms with Gasteiger partial charge in [0.1, 0.15) is 11.5 Å². The molecule has 0 unspecified atom stereocenters. The lowest BCUT2D eigenvalue weighted by Crippen LogP contribution is -1.82. The van der Waals surface area contributed by atoms with Gasteiger partial charge >= 0.3 is 0 Å². The molecule has 0 N–H and O–H groups in total. The minimum absolute atomic E-state index is 0.714. The van der Waals surface area contributed by atoms with E-state index in [1.807, 2.05) is 24.3 Å². The highest BCUT2D eigenvalue weighted by Crippen LogP contribution is 2.24. The van der Waals surface area contributed by atoms with Crippen molar-refractivity contribution >= 4 is 23.8 Å². The van der Waals surface area contributed by atoms with Gasteiger partial charge < -0.3 is 4.42 Å². The normalized spacial score (nSPS) is 11.7. The van der Waals surface area contributed by atoms with Crippen LogP contribution < -0.4 is 0 Å². The standard InChI is InChI=1S/C22H22N2O/c1-15-7-5-8-16(2)21(15)23-13-19-11-12-20(25-19)14-24-22-17(3)9-6-10-18(22)4/h5-14H,1-4H3. The molecule has 0 spiro atoms. The van der Waals surface area contributed by atoms with Crippen LogP contribution in [0, 0.1) is 27.7 Å². The summed E-state index contributed by atoms with van der Waals surface area (Å²) >= 11 is 0. The van der Waals surface area contributed by atoms with Crippen LogP contribution in [-0.4, -0.2) is 12.4 Å². The van der Waals surface area contributed by atoms with E-state index in [1.54, 1.807) is 12.4 Å². The number of nitrogens with zero attached hydrogens (tertiary/aromatic N) is 2. The lowest BCUT2D eigenvalue weighted by Gasteiger charge is -2.03. The number of para-hydroxylation sites is 2. The molecule has 0 bridgehead atoms. The monoisotopic (exact) mass is 330 g/mol. The van der Waals surface area contributed by atoms with Crippen molar-refractivity contribution in [2.75, 3.05) is 0 Å². The van der Waals surface area contributed by atoms with Crippen LogP contribution in [0.3, 0.4) is 0 Å². The van der Waals surface area contributed by atoms with E-state index in [1.165, 1.54) is 0 Å². The summed E-state index contributed by atoms with van der Waals surface area (Å²) in [6, 6.07) is 16.1. The highest BCUT2D eigenvalue weighted by molar-refractivity contribution is 5.84. The lowest BCUT2D eigenvalue weighted by atomic mass is 10.1. The molecule has 0 saturated heterocycles. The maximum absolute atomic E-state index is 5.79. The second-order valence-electron chi connectivity index (χ2n) is 6.24. The molecule has 3 aromatic rings. The van der Waals surface area contributed by atoms with Gasteiger partial charge in [-0.2, -0.15) is 0 Å². The van der Waals surface area contributed by atoms with Crippen molar-refractivity contribution in [1.82, 2.24) is 0 Å². The van der Waals surface area contributed by atoms with Crippen molar-refractivity contribution in [2.45, 2.75) is 27.7 Å². The first-order valence-electron chi connectivity index (χ1n) is 8.35. The van der Waals surface area contributed by atoms with Gasteiger partial charge in [-0.25, -0.2) is 0 Å². The predicted molar refractivity (Wildman–Crippen MR) is 105 cm³/mol. The van der Waals surface area contributed by atoms with E-state index in [2.05, 4.69) is 61.9 Å². The average molecular weight is 330 g/mol. The topological polar surface area (TPSA) is 37.9 Å². The number of furan rings is 1. The Morgan fingerprint density at radius 1 is 0.600 bits per heavy atom. The summed E-state index contributed by atoms with van der Waals surface area (Å²) in [4.78, 5) is 9.14. The van der Waals surface area contributed by atoms with Crippen molar-refractivity contribution in [3.63, 3.8) is 0 Å². The van der Waals surface area contributed by atoms with Gasteiger partial charge in [-0.3, -0.25) is 9.98 Å². The fourth-order valence-corrected chi connectivity index (χ4v) is 2.78. The van der Waals surface area contributed by atoms with E-state index in [0.717, 1.165) is 33.6 Å². The van der Waals surface area contributed by atoms with Crippen molar-refractivity contribution < 1.29 is 4.42 Å². The van der Waals surface area contributed by atoms with Crippen LogP contribution in [0.5, 0.6) is 0 Å². The number of rotatable bonds is 4. The van der Waals surface area contributed by atoms with Crippen LogP contribution in [0.2, 0.25) is 0 Å². The van der Waals surface area contributed by atoms with Gasteiger partial charge in [-0.1, -0.05) is 36.4 Å². The second-order valence-corrected chi connectivity index (χ2v) is 6.24. The van der Waals surface area contributed by atoms with Crippen molar-refractivity contribution in [1.29, 1.82) is 0 Å². The molecule has 3 rings (SSSR count). The van der Waals surface area contributed by atoms with Crippen molar-refractivity contribution in [3.8, 4) is 0 Å². The molecular weight excluding hydrogens is 308 g/mol. The zero-order valence-electron chi connectivity index (χ0n) is 15.1. The first kappa shape index (κ1) is 16.9. The molecule has 0 amide bonds. The van der Waals surface area contributed by atoms with E-state index < -0.39 is 0 Å². The van der Waals surface area contributed by atoms with Crippen LogP contribution in [0.1, 0.15) is 33.8 Å². The van der Waals surface area contributed by atoms with Gasteiger partial charge in [0.15, 0.2) is 0 Å². The fraction of sp³-hybridized carbons (Fsp3) is 0.182. The molecule has 0 aliphatic heterocycles. The molecule has 0 fully saturated rings. The third kappa shape index (κ3) is 3.94. The van der Waals surface area contributed by atoms with Gasteiger partial charge in [-0.15, -0.1) is 0 Å². The Morgan fingerprint density at radius 3 is 1.32 bits per heavy atom. The Labute approximate surface area is 148 Å². The summed E-state index contributed by atoms with van der Waals surface area (Å²) in [5.74, 6) is 1.43. The predicted octanol–water partition coefficient (Wildman–Crippen LogP) is 6.01. The van der Waals surface area contributed by atoms with Crippen LogP contribution in [0.4, 0.5) is 11.4 Å². The minimum atomic E-state index is 0.714. The molecule has 0 aliphatic carbocycles. The molecule has 3 nitrogen and oxygen atoms in total. The highest BCUT2D eigenvalue weighted by atomic mass is 16.3. The van der Waals surface area contributed by atoms with Gasteiger partial charge in [0.25, 0.3) is 0 Å². The molecule has 0 atom stereocenters. The summed E-state index contributed by atoms with van der Waals surface area (Å²) in [6.45, 7) is 8.24. The quantitative estimate of drug-likeness (QED) is 0.539. The largest absolute Gasteiger partial charge is 0.454 e. The van der Waals surface area contributed by atoms with E-state index in [9.17, 15) is 0 Å². The van der Waals surface area contributed by atoms with Crippen LogP contribution in [0.15, 0.2) is 62.9 Å². The van der Waals surface area contributed by atoms with Crippen molar-refractivity contribution in [3.05, 3.63) is 82.3 Å². The van der Waals surface area contributed by atoms with Gasteiger partial charge in [0.2, 0.25) is 0 Å². The maximum atomic E-state index is 5.79. The molecular formula is C22H22N2O. The Kier molecular flexibility index (Phi) is 4.94. The Balaban J connectivity index is 1.79. The zero-order valence-corrected chi connectivity index (χ0v) is 15.1. The fourth-order valence-electron chi connectivity index (χ4n) is 2.78. The number of benzene rings is 2. The molecule has 126 valence electrons. The number of aliphatic imine (C=N–C) groups is 2. The second kappa shape index (κ2) is 7.31. The molecule has 0 saturated carbocycles. The summed E-state index contributed by atoms with van der Waals surface area (Å²) in [7, 11) is 0.